The van der Waals surface area contributed by atoms with E-state index in [1.807, 2.05) is 6.07 Å². The molecule has 27 heavy (non-hydrogen) atoms. The van der Waals surface area contributed by atoms with Gasteiger partial charge in [-0.1, -0.05) is 41.9 Å². The first-order chi connectivity index (χ1) is 13.0. The number of para-hydroxylation sites is 1. The standard InChI is InChI=1S/C19H16ClF2N3O2/c20-18-16(11-24-25(19(18)26)14-6-2-1-3-7-14)23-10-13-5-4-8-15(9-13)27-12-17(21)22/h1-9,11,17,23H,10,12H2. The van der Waals surface area contributed by atoms with Crippen molar-refractivity contribution in [1.82, 2.24) is 9.78 Å². The Morgan fingerprint density at radius 2 is 1.93 bits per heavy atom. The molecule has 1 N–H and O–H groups in total. The van der Waals surface area contributed by atoms with Crippen LogP contribution in [0.3, 0.4) is 0 Å². The molecule has 5 nitrogen and oxygen atoms in total. The van der Waals surface area contributed by atoms with Crippen molar-refractivity contribution < 1.29 is 13.5 Å². The highest BCUT2D eigenvalue weighted by molar-refractivity contribution is 6.32. The highest BCUT2D eigenvalue weighted by atomic mass is 35.5. The smallest absolute Gasteiger partial charge is 0.292 e. The Labute approximate surface area is 159 Å². The summed E-state index contributed by atoms with van der Waals surface area (Å²) in [7, 11) is 0. The number of hydrogen-bond acceptors (Lipinski definition) is 4. The number of hydrogen-bond donors (Lipinski definition) is 1. The molecule has 0 saturated heterocycles. The van der Waals surface area contributed by atoms with Gasteiger partial charge in [-0.05, 0) is 29.8 Å². The van der Waals surface area contributed by atoms with E-state index in [1.165, 1.54) is 10.9 Å². The third-order valence-corrected chi connectivity index (χ3v) is 4.04. The molecule has 8 heteroatoms. The largest absolute Gasteiger partial charge is 0.488 e. The van der Waals surface area contributed by atoms with Gasteiger partial charge >= 0.3 is 0 Å². The first-order valence-electron chi connectivity index (χ1n) is 8.11. The highest BCUT2D eigenvalue weighted by Gasteiger charge is 2.11. The molecule has 3 rings (SSSR count). The van der Waals surface area contributed by atoms with Gasteiger partial charge in [-0.2, -0.15) is 9.78 Å². The number of rotatable bonds is 7. The summed E-state index contributed by atoms with van der Waals surface area (Å²) in [6.07, 6.45) is -1.07. The maximum Gasteiger partial charge on any atom is 0.292 e. The van der Waals surface area contributed by atoms with Crippen LogP contribution in [-0.4, -0.2) is 22.8 Å². The third-order valence-electron chi connectivity index (χ3n) is 3.68. The van der Waals surface area contributed by atoms with Gasteiger partial charge in [0.1, 0.15) is 17.4 Å². The molecule has 0 atom stereocenters. The van der Waals surface area contributed by atoms with E-state index in [-0.39, 0.29) is 5.02 Å². The summed E-state index contributed by atoms with van der Waals surface area (Å²) in [5.74, 6) is 0.346. The Morgan fingerprint density at radius 3 is 2.67 bits per heavy atom. The number of benzene rings is 2. The first kappa shape index (κ1) is 18.8. The van der Waals surface area contributed by atoms with Gasteiger partial charge in [0, 0.05) is 6.54 Å². The van der Waals surface area contributed by atoms with Crippen LogP contribution in [-0.2, 0) is 6.54 Å². The second-order valence-electron chi connectivity index (χ2n) is 5.63. The summed E-state index contributed by atoms with van der Waals surface area (Å²) < 4.78 is 30.7. The summed E-state index contributed by atoms with van der Waals surface area (Å²) >= 11 is 6.19. The Kier molecular flexibility index (Phi) is 6.03. The van der Waals surface area contributed by atoms with Crippen LogP contribution in [0.15, 0.2) is 65.6 Å². The Hall–Kier alpha value is -2.93. The summed E-state index contributed by atoms with van der Waals surface area (Å²) in [5.41, 5.74) is 1.33. The minimum atomic E-state index is -2.53. The number of halogens is 3. The fraction of sp³-hybridized carbons (Fsp3) is 0.158. The monoisotopic (exact) mass is 391 g/mol. The second-order valence-corrected chi connectivity index (χ2v) is 6.01. The zero-order valence-electron chi connectivity index (χ0n) is 14.1. The maximum absolute atomic E-state index is 12.4. The topological polar surface area (TPSA) is 56.1 Å². The molecule has 0 bridgehead atoms. The molecule has 2 aromatic carbocycles. The lowest BCUT2D eigenvalue weighted by Crippen LogP contribution is -2.22. The molecule has 3 aromatic rings. The lowest BCUT2D eigenvalue weighted by atomic mass is 10.2. The zero-order valence-corrected chi connectivity index (χ0v) is 14.9. The van der Waals surface area contributed by atoms with E-state index in [1.54, 1.807) is 48.5 Å². The van der Waals surface area contributed by atoms with E-state index in [2.05, 4.69) is 10.4 Å². The van der Waals surface area contributed by atoms with Crippen LogP contribution >= 0.6 is 11.6 Å². The van der Waals surface area contributed by atoms with Crippen molar-refractivity contribution >= 4 is 17.3 Å². The normalized spacial score (nSPS) is 10.8. The second kappa shape index (κ2) is 8.64. The summed E-state index contributed by atoms with van der Waals surface area (Å²) in [6.45, 7) is -0.341. The summed E-state index contributed by atoms with van der Waals surface area (Å²) in [4.78, 5) is 12.4. The van der Waals surface area contributed by atoms with Gasteiger partial charge in [0.15, 0.2) is 0 Å². The molecule has 0 spiro atoms. The highest BCUT2D eigenvalue weighted by Crippen LogP contribution is 2.19. The van der Waals surface area contributed by atoms with Gasteiger partial charge in [0.25, 0.3) is 12.0 Å². The average Bonchev–Trinajstić information content (AvgIpc) is 2.68. The predicted octanol–water partition coefficient (Wildman–Crippen LogP) is 4.14. The van der Waals surface area contributed by atoms with Crippen molar-refractivity contribution in [3.63, 3.8) is 0 Å². The van der Waals surface area contributed by atoms with Crippen molar-refractivity contribution in [3.8, 4) is 11.4 Å². The molecule has 0 unspecified atom stereocenters. The molecular weight excluding hydrogens is 376 g/mol. The van der Waals surface area contributed by atoms with Gasteiger partial charge in [-0.25, -0.2) is 8.78 Å². The van der Waals surface area contributed by atoms with E-state index in [0.717, 1.165) is 5.56 Å². The van der Waals surface area contributed by atoms with Crippen molar-refractivity contribution in [1.29, 1.82) is 0 Å². The molecule has 1 aromatic heterocycles. The van der Waals surface area contributed by atoms with Crippen LogP contribution in [0.4, 0.5) is 14.5 Å². The number of aromatic nitrogens is 2. The van der Waals surface area contributed by atoms with Crippen LogP contribution in [0, 0.1) is 0 Å². The maximum atomic E-state index is 12.4. The molecule has 0 aliphatic carbocycles. The molecule has 0 aliphatic heterocycles. The lowest BCUT2D eigenvalue weighted by molar-refractivity contribution is 0.0818. The first-order valence-corrected chi connectivity index (χ1v) is 8.49. The molecule has 0 saturated carbocycles. The number of anilines is 1. The minimum absolute atomic E-state index is 0.0129. The summed E-state index contributed by atoms with van der Waals surface area (Å²) in [5, 5.41) is 7.18. The Bertz CT molecular complexity index is 965. The van der Waals surface area contributed by atoms with E-state index in [0.29, 0.717) is 23.7 Å². The molecule has 140 valence electrons. The third kappa shape index (κ3) is 4.83. The summed E-state index contributed by atoms with van der Waals surface area (Å²) in [6, 6.07) is 15.7. The average molecular weight is 392 g/mol. The van der Waals surface area contributed by atoms with Gasteiger partial charge in [-0.15, -0.1) is 0 Å². The Morgan fingerprint density at radius 1 is 1.15 bits per heavy atom. The quantitative estimate of drug-likeness (QED) is 0.657. The van der Waals surface area contributed by atoms with Crippen molar-refractivity contribution in [2.24, 2.45) is 0 Å². The Balaban J connectivity index is 1.73. The lowest BCUT2D eigenvalue weighted by Gasteiger charge is -2.11. The van der Waals surface area contributed by atoms with Crippen LogP contribution < -0.4 is 15.6 Å². The van der Waals surface area contributed by atoms with Crippen molar-refractivity contribution in [2.45, 2.75) is 13.0 Å². The number of nitrogens with one attached hydrogen (secondary N) is 1. The van der Waals surface area contributed by atoms with E-state index < -0.39 is 18.6 Å². The zero-order chi connectivity index (χ0) is 19.2. The van der Waals surface area contributed by atoms with Gasteiger partial charge in [0.05, 0.1) is 17.6 Å². The van der Waals surface area contributed by atoms with Crippen LogP contribution in [0.2, 0.25) is 5.02 Å². The number of ether oxygens (including phenoxy) is 1. The van der Waals surface area contributed by atoms with Crippen molar-refractivity contribution in [2.75, 3.05) is 11.9 Å². The van der Waals surface area contributed by atoms with Crippen LogP contribution in [0.1, 0.15) is 5.56 Å². The van der Waals surface area contributed by atoms with E-state index >= 15 is 0 Å². The number of nitrogens with zero attached hydrogens (tertiary/aromatic N) is 2. The minimum Gasteiger partial charge on any atom is -0.488 e. The van der Waals surface area contributed by atoms with Crippen LogP contribution in [0.25, 0.3) is 5.69 Å². The van der Waals surface area contributed by atoms with Gasteiger partial charge in [-0.3, -0.25) is 4.79 Å². The molecular formula is C19H16ClF2N3O2. The van der Waals surface area contributed by atoms with E-state index in [4.69, 9.17) is 16.3 Å². The van der Waals surface area contributed by atoms with Crippen LogP contribution in [0.5, 0.6) is 5.75 Å². The molecule has 0 amide bonds. The fourth-order valence-corrected chi connectivity index (χ4v) is 2.61. The number of alkyl halides is 2. The molecule has 1 heterocycles. The fourth-order valence-electron chi connectivity index (χ4n) is 2.41. The molecule has 0 fully saturated rings. The van der Waals surface area contributed by atoms with E-state index in [9.17, 15) is 13.6 Å². The molecule has 0 radical (unpaired) electrons. The molecule has 0 aliphatic rings. The predicted molar refractivity (Wildman–Crippen MR) is 100 cm³/mol. The van der Waals surface area contributed by atoms with Crippen molar-refractivity contribution in [3.05, 3.63) is 81.7 Å². The van der Waals surface area contributed by atoms with Gasteiger partial charge in [0.2, 0.25) is 0 Å². The van der Waals surface area contributed by atoms with Gasteiger partial charge < -0.3 is 10.1 Å². The SMILES string of the molecule is O=c1c(Cl)c(NCc2cccc(OCC(F)F)c2)cnn1-c1ccccc1.